The van der Waals surface area contributed by atoms with Crippen molar-refractivity contribution in [3.8, 4) is 0 Å². The van der Waals surface area contributed by atoms with Gasteiger partial charge in [0.25, 0.3) is 0 Å². The van der Waals surface area contributed by atoms with Crippen molar-refractivity contribution in [1.82, 2.24) is 0 Å². The van der Waals surface area contributed by atoms with E-state index in [0.29, 0.717) is 0 Å². The van der Waals surface area contributed by atoms with Crippen molar-refractivity contribution in [2.24, 2.45) is 0 Å². The lowest BCUT2D eigenvalue weighted by molar-refractivity contribution is -0.346. The summed E-state index contributed by atoms with van der Waals surface area (Å²) >= 11 is 0. The van der Waals surface area contributed by atoms with Gasteiger partial charge in [0.15, 0.2) is 18.9 Å². The van der Waals surface area contributed by atoms with Crippen LogP contribution in [0.1, 0.15) is 0 Å². The van der Waals surface area contributed by atoms with E-state index >= 15 is 0 Å². The van der Waals surface area contributed by atoms with Crippen molar-refractivity contribution < 1.29 is 64.5 Å². The van der Waals surface area contributed by atoms with E-state index in [4.69, 9.17) is 23.7 Å². The van der Waals surface area contributed by atoms with Crippen LogP contribution in [0.15, 0.2) is 0 Å². The molecule has 0 radical (unpaired) electrons. The maximum Gasteiger partial charge on any atom is 0.186 e. The van der Waals surface area contributed by atoms with Gasteiger partial charge in [0, 0.05) is 0 Å². The van der Waals surface area contributed by atoms with E-state index in [-0.39, 0.29) is 19.8 Å². The lowest BCUT2D eigenvalue weighted by Crippen LogP contribution is -2.61. The fourth-order valence-electron chi connectivity index (χ4n) is 3.15. The highest BCUT2D eigenvalue weighted by molar-refractivity contribution is 4.89. The van der Waals surface area contributed by atoms with Gasteiger partial charge in [-0.3, -0.25) is 0 Å². The maximum absolute atomic E-state index is 10.3. The molecule has 3 fully saturated rings. The molecule has 0 spiro atoms. The third-order valence-corrected chi connectivity index (χ3v) is 4.96. The first-order chi connectivity index (χ1) is 13.2. The number of aliphatic hydroxyl groups excluding tert-OH is 8. The van der Waals surface area contributed by atoms with Crippen LogP contribution in [0.5, 0.6) is 0 Å². The first-order valence-electron chi connectivity index (χ1n) is 8.81. The Labute approximate surface area is 159 Å². The van der Waals surface area contributed by atoms with Crippen LogP contribution in [0.2, 0.25) is 0 Å². The van der Waals surface area contributed by atoms with E-state index in [2.05, 4.69) is 0 Å². The molecular formula is C15H26O13. The molecule has 0 aromatic rings. The highest BCUT2D eigenvalue weighted by Crippen LogP contribution is 2.26. The lowest BCUT2D eigenvalue weighted by atomic mass is 10.0. The maximum atomic E-state index is 10.3. The van der Waals surface area contributed by atoms with Crippen LogP contribution in [0.4, 0.5) is 0 Å². The third kappa shape index (κ3) is 4.46. The van der Waals surface area contributed by atoms with Crippen LogP contribution < -0.4 is 0 Å². The molecule has 3 rings (SSSR count). The smallest absolute Gasteiger partial charge is 0.186 e. The summed E-state index contributed by atoms with van der Waals surface area (Å²) < 4.78 is 25.9. The molecule has 12 atom stereocenters. The van der Waals surface area contributed by atoms with E-state index in [0.717, 1.165) is 0 Å². The van der Waals surface area contributed by atoms with Crippen molar-refractivity contribution in [2.45, 2.75) is 73.8 Å². The van der Waals surface area contributed by atoms with Gasteiger partial charge in [0.1, 0.15) is 54.9 Å². The van der Waals surface area contributed by atoms with Crippen LogP contribution >= 0.6 is 0 Å². The molecule has 164 valence electrons. The number of hydrogen-bond donors (Lipinski definition) is 8. The minimum Gasteiger partial charge on any atom is -0.388 e. The Hall–Kier alpha value is -0.520. The first kappa shape index (κ1) is 22.2. The van der Waals surface area contributed by atoms with E-state index in [1.807, 2.05) is 0 Å². The van der Waals surface area contributed by atoms with Gasteiger partial charge in [-0.2, -0.15) is 0 Å². The second-order valence-electron chi connectivity index (χ2n) is 6.99. The second kappa shape index (κ2) is 9.09. The van der Waals surface area contributed by atoms with E-state index < -0.39 is 73.8 Å². The van der Waals surface area contributed by atoms with Gasteiger partial charge in [-0.25, -0.2) is 0 Å². The summed E-state index contributed by atoms with van der Waals surface area (Å²) in [4.78, 5) is 0. The van der Waals surface area contributed by atoms with Gasteiger partial charge in [-0.1, -0.05) is 0 Å². The zero-order valence-electron chi connectivity index (χ0n) is 14.7. The number of rotatable bonds is 4. The standard InChI is InChI=1S/C15H26O13/c16-4-1-25-14(11(21)7(4)17)28-6-3-26-15(12(22)9(6)19)27-5-2-24-13(23)10(20)8(5)18/h4-23H,1-3H2/t4-,5-,6?,7+,8+,9-,10-,11-,12+,13?,14?,15-/m1/s1. The van der Waals surface area contributed by atoms with Crippen LogP contribution in [0.3, 0.4) is 0 Å². The minimum atomic E-state index is -1.63. The Morgan fingerprint density at radius 3 is 1.57 bits per heavy atom. The van der Waals surface area contributed by atoms with E-state index in [1.165, 1.54) is 0 Å². The van der Waals surface area contributed by atoms with E-state index in [9.17, 15) is 40.9 Å². The van der Waals surface area contributed by atoms with Crippen LogP contribution in [-0.4, -0.2) is 134 Å². The number of ether oxygens (including phenoxy) is 5. The topological polar surface area (TPSA) is 208 Å². The molecule has 3 aliphatic heterocycles. The Bertz CT molecular complexity index is 464. The van der Waals surface area contributed by atoms with E-state index in [1.54, 1.807) is 0 Å². The molecule has 3 aliphatic rings. The minimum absolute atomic E-state index is 0.287. The van der Waals surface area contributed by atoms with Crippen molar-refractivity contribution in [2.75, 3.05) is 19.8 Å². The summed E-state index contributed by atoms with van der Waals surface area (Å²) in [6, 6.07) is 0. The zero-order valence-corrected chi connectivity index (χ0v) is 14.7. The summed E-state index contributed by atoms with van der Waals surface area (Å²) in [5.74, 6) is 0. The van der Waals surface area contributed by atoms with Gasteiger partial charge in [-0.15, -0.1) is 0 Å². The predicted octanol–water partition coefficient (Wildman–Crippen LogP) is -5.66. The molecule has 3 unspecified atom stereocenters. The fourth-order valence-corrected chi connectivity index (χ4v) is 3.15. The average molecular weight is 414 g/mol. The molecule has 3 heterocycles. The van der Waals surface area contributed by atoms with Gasteiger partial charge < -0.3 is 64.5 Å². The molecule has 28 heavy (non-hydrogen) atoms. The van der Waals surface area contributed by atoms with Crippen molar-refractivity contribution in [3.05, 3.63) is 0 Å². The van der Waals surface area contributed by atoms with Gasteiger partial charge in [0.2, 0.25) is 0 Å². The van der Waals surface area contributed by atoms with Crippen molar-refractivity contribution in [1.29, 1.82) is 0 Å². The Morgan fingerprint density at radius 2 is 0.964 bits per heavy atom. The number of aliphatic hydroxyl groups is 8. The second-order valence-corrected chi connectivity index (χ2v) is 6.99. The Balaban J connectivity index is 1.54. The molecule has 0 aliphatic carbocycles. The fraction of sp³-hybridized carbons (Fsp3) is 1.00. The summed E-state index contributed by atoms with van der Waals surface area (Å²) in [6.07, 6.45) is -17.3. The Morgan fingerprint density at radius 1 is 0.500 bits per heavy atom. The number of hydrogen-bond acceptors (Lipinski definition) is 13. The molecule has 13 heteroatoms. The first-order valence-corrected chi connectivity index (χ1v) is 8.81. The molecule has 0 bridgehead atoms. The highest BCUT2D eigenvalue weighted by Gasteiger charge is 2.47. The molecule has 3 saturated heterocycles. The molecule has 0 saturated carbocycles. The molecule has 8 N–H and O–H groups in total. The normalized spacial score (nSPS) is 53.1. The van der Waals surface area contributed by atoms with Crippen molar-refractivity contribution >= 4 is 0 Å². The lowest BCUT2D eigenvalue weighted by Gasteiger charge is -2.43. The predicted molar refractivity (Wildman–Crippen MR) is 83.2 cm³/mol. The summed E-state index contributed by atoms with van der Waals surface area (Å²) in [5.41, 5.74) is 0. The molecule has 0 aromatic carbocycles. The largest absolute Gasteiger partial charge is 0.388 e. The van der Waals surface area contributed by atoms with Gasteiger partial charge >= 0.3 is 0 Å². The summed E-state index contributed by atoms with van der Waals surface area (Å²) in [7, 11) is 0. The SMILES string of the molecule is OC1OC[C@@H](O[C@H]2OCC(OC3OC[C@@H](O)[C@H](O)[C@H]3O)[C@@H](O)[C@@H]2O)[C@H](O)[C@H]1O. The van der Waals surface area contributed by atoms with Gasteiger partial charge in [-0.05, 0) is 0 Å². The molecular weight excluding hydrogens is 388 g/mol. The molecule has 13 nitrogen and oxygen atoms in total. The van der Waals surface area contributed by atoms with Crippen LogP contribution in [-0.2, 0) is 23.7 Å². The summed E-state index contributed by atoms with van der Waals surface area (Å²) in [6.45, 7) is -0.887. The quantitative estimate of drug-likeness (QED) is 0.216. The monoisotopic (exact) mass is 414 g/mol. The van der Waals surface area contributed by atoms with Crippen LogP contribution in [0.25, 0.3) is 0 Å². The van der Waals surface area contributed by atoms with Crippen LogP contribution in [0, 0.1) is 0 Å². The Kier molecular flexibility index (Phi) is 7.20. The zero-order chi connectivity index (χ0) is 20.6. The molecule has 0 amide bonds. The third-order valence-electron chi connectivity index (χ3n) is 4.96. The highest BCUT2D eigenvalue weighted by atomic mass is 16.7. The van der Waals surface area contributed by atoms with Gasteiger partial charge in [0.05, 0.1) is 19.8 Å². The molecule has 0 aromatic heterocycles. The average Bonchev–Trinajstić information content (AvgIpc) is 2.68. The summed E-state index contributed by atoms with van der Waals surface area (Å²) in [5, 5.41) is 78.3. The van der Waals surface area contributed by atoms with Crippen molar-refractivity contribution in [3.63, 3.8) is 0 Å².